The van der Waals surface area contributed by atoms with E-state index in [1.807, 2.05) is 36.4 Å². The molecule has 3 N–H and O–H groups in total. The van der Waals surface area contributed by atoms with Crippen LogP contribution in [0.4, 0.5) is 5.82 Å². The van der Waals surface area contributed by atoms with Gasteiger partial charge in [0.15, 0.2) is 5.82 Å². The molecule has 0 bridgehead atoms. The summed E-state index contributed by atoms with van der Waals surface area (Å²) in [6, 6.07) is 14.6. The average molecular weight is 393 g/mol. The number of fused-ring (bicyclic) bond motifs is 1. The second-order valence-electron chi connectivity index (χ2n) is 7.60. The Kier molecular flexibility index (Phi) is 5.60. The molecule has 0 saturated heterocycles. The monoisotopic (exact) mass is 392 g/mol. The zero-order chi connectivity index (χ0) is 19.5. The maximum absolute atomic E-state index is 6.17. The summed E-state index contributed by atoms with van der Waals surface area (Å²) in [7, 11) is 0. The number of nitrogens with zero attached hydrogens (tertiary/aromatic N) is 2. The van der Waals surface area contributed by atoms with Crippen molar-refractivity contribution in [3.05, 3.63) is 64.4 Å². The highest BCUT2D eigenvalue weighted by atomic mass is 35.5. The quantitative estimate of drug-likeness (QED) is 0.620. The van der Waals surface area contributed by atoms with Crippen LogP contribution in [0.1, 0.15) is 42.6 Å². The highest BCUT2D eigenvalue weighted by Crippen LogP contribution is 2.26. The molecule has 0 spiro atoms. The van der Waals surface area contributed by atoms with Gasteiger partial charge in [0.2, 0.25) is 0 Å². The Morgan fingerprint density at radius 1 is 1.07 bits per heavy atom. The number of rotatable bonds is 4. The first-order valence-corrected chi connectivity index (χ1v) is 10.2. The number of hydrogen-bond donors (Lipinski definition) is 2. The van der Waals surface area contributed by atoms with Crippen LogP contribution < -0.4 is 11.1 Å². The highest BCUT2D eigenvalue weighted by molar-refractivity contribution is 6.30. The van der Waals surface area contributed by atoms with Crippen LogP contribution >= 0.6 is 11.6 Å². The third-order valence-corrected chi connectivity index (χ3v) is 5.47. The van der Waals surface area contributed by atoms with Gasteiger partial charge < -0.3 is 11.1 Å². The van der Waals surface area contributed by atoms with E-state index in [0.717, 1.165) is 53.0 Å². The largest absolute Gasteiger partial charge is 0.367 e. The Morgan fingerprint density at radius 2 is 1.89 bits per heavy atom. The van der Waals surface area contributed by atoms with Gasteiger partial charge in [-0.1, -0.05) is 41.4 Å². The van der Waals surface area contributed by atoms with Crippen LogP contribution in [0.25, 0.3) is 23.1 Å². The minimum Gasteiger partial charge on any atom is -0.367 e. The summed E-state index contributed by atoms with van der Waals surface area (Å²) < 4.78 is 0. The molecule has 2 unspecified atom stereocenters. The first-order chi connectivity index (χ1) is 13.6. The Labute approximate surface area is 170 Å². The van der Waals surface area contributed by atoms with Gasteiger partial charge in [-0.3, -0.25) is 0 Å². The van der Waals surface area contributed by atoms with Crippen molar-refractivity contribution in [1.82, 2.24) is 9.97 Å². The molecule has 1 aliphatic rings. The predicted molar refractivity (Wildman–Crippen MR) is 119 cm³/mol. The summed E-state index contributed by atoms with van der Waals surface area (Å²) in [5.74, 6) is 1.58. The van der Waals surface area contributed by atoms with Gasteiger partial charge in [0, 0.05) is 22.5 Å². The molecule has 144 valence electrons. The van der Waals surface area contributed by atoms with Crippen molar-refractivity contribution in [2.75, 3.05) is 5.32 Å². The summed E-state index contributed by atoms with van der Waals surface area (Å²) in [6.45, 7) is 2.09. The van der Waals surface area contributed by atoms with Crippen molar-refractivity contribution >= 4 is 40.5 Å². The fourth-order valence-corrected chi connectivity index (χ4v) is 3.87. The van der Waals surface area contributed by atoms with Gasteiger partial charge in [0.25, 0.3) is 0 Å². The Hall–Kier alpha value is -2.43. The van der Waals surface area contributed by atoms with E-state index in [-0.39, 0.29) is 6.04 Å². The number of halogens is 1. The minimum atomic E-state index is 0.269. The Bertz CT molecular complexity index is 997. The third kappa shape index (κ3) is 4.51. The molecule has 0 radical (unpaired) electrons. The summed E-state index contributed by atoms with van der Waals surface area (Å²) >= 11 is 5.96. The van der Waals surface area contributed by atoms with E-state index in [9.17, 15) is 0 Å². The van der Waals surface area contributed by atoms with Gasteiger partial charge in [0.05, 0.1) is 5.52 Å². The van der Waals surface area contributed by atoms with Gasteiger partial charge in [-0.05, 0) is 68.5 Å². The number of nitrogens with two attached hydrogens (primary N) is 1. The molecule has 4 rings (SSSR count). The van der Waals surface area contributed by atoms with Crippen molar-refractivity contribution < 1.29 is 0 Å². The van der Waals surface area contributed by atoms with Gasteiger partial charge in [0.1, 0.15) is 5.82 Å². The summed E-state index contributed by atoms with van der Waals surface area (Å²) in [5.41, 5.74) is 9.38. The standard InChI is InChI=1S/C23H25ClN4/c1-15-5-11-21-20(13-15)23(26-19-4-2-3-18(25)14-19)28-22(27-21)12-8-16-6-9-17(24)10-7-16/h5-13,18-19H,2-4,14,25H2,1H3,(H,26,27,28)/b12-8+. The lowest BCUT2D eigenvalue weighted by Crippen LogP contribution is -2.35. The zero-order valence-corrected chi connectivity index (χ0v) is 16.8. The number of anilines is 1. The lowest BCUT2D eigenvalue weighted by molar-refractivity contribution is 0.409. The van der Waals surface area contributed by atoms with E-state index in [0.29, 0.717) is 11.9 Å². The van der Waals surface area contributed by atoms with Crippen molar-refractivity contribution in [2.24, 2.45) is 5.73 Å². The van der Waals surface area contributed by atoms with E-state index in [1.54, 1.807) is 0 Å². The number of benzene rings is 2. The molecule has 4 nitrogen and oxygen atoms in total. The first kappa shape index (κ1) is 18.9. The third-order valence-electron chi connectivity index (χ3n) is 5.22. The number of aryl methyl sites for hydroxylation is 1. The molecule has 1 saturated carbocycles. The topological polar surface area (TPSA) is 63.8 Å². The lowest BCUT2D eigenvalue weighted by atomic mass is 9.91. The maximum atomic E-state index is 6.17. The van der Waals surface area contributed by atoms with Crippen LogP contribution in [0.15, 0.2) is 42.5 Å². The predicted octanol–water partition coefficient (Wildman–Crippen LogP) is 5.44. The summed E-state index contributed by atoms with van der Waals surface area (Å²) in [5, 5.41) is 5.43. The molecule has 3 aromatic rings. The minimum absolute atomic E-state index is 0.269. The maximum Gasteiger partial charge on any atom is 0.154 e. The van der Waals surface area contributed by atoms with E-state index >= 15 is 0 Å². The van der Waals surface area contributed by atoms with Gasteiger partial charge in [-0.2, -0.15) is 0 Å². The highest BCUT2D eigenvalue weighted by Gasteiger charge is 2.20. The van der Waals surface area contributed by atoms with E-state index in [4.69, 9.17) is 27.3 Å². The molecular weight excluding hydrogens is 368 g/mol. The van der Waals surface area contributed by atoms with E-state index in [1.165, 1.54) is 5.56 Å². The van der Waals surface area contributed by atoms with E-state index in [2.05, 4.69) is 30.4 Å². The second kappa shape index (κ2) is 8.29. The van der Waals surface area contributed by atoms with Crippen LogP contribution in [0, 0.1) is 6.92 Å². The molecule has 28 heavy (non-hydrogen) atoms. The van der Waals surface area contributed by atoms with Gasteiger partial charge in [-0.15, -0.1) is 0 Å². The average Bonchev–Trinajstić information content (AvgIpc) is 2.68. The van der Waals surface area contributed by atoms with Crippen molar-refractivity contribution in [2.45, 2.75) is 44.7 Å². The first-order valence-electron chi connectivity index (χ1n) is 9.81. The van der Waals surface area contributed by atoms with Crippen LogP contribution in [-0.4, -0.2) is 22.1 Å². The Balaban J connectivity index is 1.67. The molecule has 2 aromatic carbocycles. The Morgan fingerprint density at radius 3 is 2.68 bits per heavy atom. The molecule has 1 fully saturated rings. The van der Waals surface area contributed by atoms with E-state index < -0.39 is 0 Å². The molecule has 0 amide bonds. The normalized spacial score (nSPS) is 20.0. The second-order valence-corrected chi connectivity index (χ2v) is 8.04. The van der Waals surface area contributed by atoms with Crippen molar-refractivity contribution in [1.29, 1.82) is 0 Å². The molecule has 1 aromatic heterocycles. The smallest absolute Gasteiger partial charge is 0.154 e. The van der Waals surface area contributed by atoms with Crippen molar-refractivity contribution in [3.8, 4) is 0 Å². The summed E-state index contributed by atoms with van der Waals surface area (Å²) in [6.07, 6.45) is 8.32. The number of aromatic nitrogens is 2. The fraction of sp³-hybridized carbons (Fsp3) is 0.304. The lowest BCUT2D eigenvalue weighted by Gasteiger charge is -2.28. The number of hydrogen-bond acceptors (Lipinski definition) is 4. The summed E-state index contributed by atoms with van der Waals surface area (Å²) in [4.78, 5) is 9.55. The molecule has 0 aliphatic heterocycles. The fourth-order valence-electron chi connectivity index (χ4n) is 3.74. The molecular formula is C23H25ClN4. The van der Waals surface area contributed by atoms with Crippen LogP contribution in [0.2, 0.25) is 5.02 Å². The zero-order valence-electron chi connectivity index (χ0n) is 16.0. The molecule has 5 heteroatoms. The number of nitrogens with one attached hydrogen (secondary N) is 1. The molecule has 1 heterocycles. The van der Waals surface area contributed by atoms with Gasteiger partial charge >= 0.3 is 0 Å². The van der Waals surface area contributed by atoms with Crippen LogP contribution in [-0.2, 0) is 0 Å². The van der Waals surface area contributed by atoms with Crippen LogP contribution in [0.3, 0.4) is 0 Å². The molecule has 1 aliphatic carbocycles. The van der Waals surface area contributed by atoms with Gasteiger partial charge in [-0.25, -0.2) is 9.97 Å². The SMILES string of the molecule is Cc1ccc2nc(/C=C/c3ccc(Cl)cc3)nc(NC3CCCC(N)C3)c2c1. The molecule has 2 atom stereocenters. The van der Waals surface area contributed by atoms with Crippen molar-refractivity contribution in [3.63, 3.8) is 0 Å². The van der Waals surface area contributed by atoms with Crippen LogP contribution in [0.5, 0.6) is 0 Å².